The molecule has 0 aliphatic heterocycles. The molecule has 0 radical (unpaired) electrons. The van der Waals surface area contributed by atoms with E-state index in [1.54, 1.807) is 38.5 Å². The maximum Gasteiger partial charge on any atom is 0.193 e. The Kier molecular flexibility index (Phi) is 6.01. The van der Waals surface area contributed by atoms with Gasteiger partial charge in [0.2, 0.25) is 0 Å². The molecule has 5 nitrogen and oxygen atoms in total. The number of ether oxygens (including phenoxy) is 2. The Morgan fingerprint density at radius 1 is 1.17 bits per heavy atom. The van der Waals surface area contributed by atoms with Crippen molar-refractivity contribution in [2.75, 3.05) is 26.1 Å². The first kappa shape index (κ1) is 17.6. The van der Waals surface area contributed by atoms with Crippen molar-refractivity contribution >= 4 is 11.6 Å². The molecule has 2 rings (SSSR count). The fourth-order valence-corrected chi connectivity index (χ4v) is 2.33. The molecule has 0 amide bonds. The summed E-state index contributed by atoms with van der Waals surface area (Å²) in [5.41, 5.74) is 8.56. The van der Waals surface area contributed by atoms with E-state index < -0.39 is 0 Å². The third-order valence-electron chi connectivity index (χ3n) is 3.64. The first-order chi connectivity index (χ1) is 11.5. The fraction of sp³-hybridized carbons (Fsp3) is 0.278. The molecule has 0 spiro atoms. The zero-order chi connectivity index (χ0) is 17.5. The molecule has 0 aromatic heterocycles. The predicted molar refractivity (Wildman–Crippen MR) is 94.5 cm³/mol. The van der Waals surface area contributed by atoms with Crippen LogP contribution in [-0.4, -0.2) is 26.7 Å². The molecule has 0 saturated heterocycles. The summed E-state index contributed by atoms with van der Waals surface area (Å²) >= 11 is 0. The van der Waals surface area contributed by atoms with Gasteiger partial charge < -0.3 is 20.5 Å². The van der Waals surface area contributed by atoms with Gasteiger partial charge in [-0.25, -0.2) is 4.39 Å². The van der Waals surface area contributed by atoms with Gasteiger partial charge in [0.15, 0.2) is 5.96 Å². The van der Waals surface area contributed by atoms with E-state index in [9.17, 15) is 4.39 Å². The highest BCUT2D eigenvalue weighted by atomic mass is 19.1. The standard InChI is InChI=1S/C18H22FN3O2/c1-12-10-14(19)5-4-13(12)8-9-21-18(20)22-16-11-15(23-2)6-7-17(16)24-3/h4-7,10-11H,8-9H2,1-3H3,(H3,20,21,22). The van der Waals surface area contributed by atoms with Crippen molar-refractivity contribution in [3.8, 4) is 11.5 Å². The van der Waals surface area contributed by atoms with Crippen molar-refractivity contribution in [1.29, 1.82) is 0 Å². The molecular formula is C18H22FN3O2. The first-order valence-corrected chi connectivity index (χ1v) is 7.57. The molecule has 0 aliphatic carbocycles. The van der Waals surface area contributed by atoms with Crippen LogP contribution in [0.4, 0.5) is 10.1 Å². The summed E-state index contributed by atoms with van der Waals surface area (Å²) in [5, 5.41) is 3.01. The lowest BCUT2D eigenvalue weighted by atomic mass is 10.1. The van der Waals surface area contributed by atoms with E-state index in [0.29, 0.717) is 30.2 Å². The number of nitrogens with two attached hydrogens (primary N) is 1. The molecule has 128 valence electrons. The van der Waals surface area contributed by atoms with E-state index in [0.717, 1.165) is 11.1 Å². The van der Waals surface area contributed by atoms with Crippen LogP contribution in [0, 0.1) is 12.7 Å². The number of anilines is 1. The maximum absolute atomic E-state index is 13.1. The minimum absolute atomic E-state index is 0.231. The summed E-state index contributed by atoms with van der Waals surface area (Å²) < 4.78 is 23.6. The summed E-state index contributed by atoms with van der Waals surface area (Å²) in [5.74, 6) is 1.38. The molecule has 24 heavy (non-hydrogen) atoms. The van der Waals surface area contributed by atoms with Crippen molar-refractivity contribution in [3.63, 3.8) is 0 Å². The predicted octanol–water partition coefficient (Wildman–Crippen LogP) is 3.12. The van der Waals surface area contributed by atoms with E-state index in [1.807, 2.05) is 6.92 Å². The molecule has 3 N–H and O–H groups in total. The van der Waals surface area contributed by atoms with Gasteiger partial charge in [0.25, 0.3) is 0 Å². The van der Waals surface area contributed by atoms with E-state index in [2.05, 4.69) is 10.3 Å². The molecule has 0 heterocycles. The highest BCUT2D eigenvalue weighted by Crippen LogP contribution is 2.28. The number of nitrogens with one attached hydrogen (secondary N) is 1. The Hall–Kier alpha value is -2.76. The number of hydrogen-bond acceptors (Lipinski definition) is 3. The van der Waals surface area contributed by atoms with Gasteiger partial charge in [0.1, 0.15) is 17.3 Å². The molecule has 0 atom stereocenters. The molecule has 0 unspecified atom stereocenters. The third-order valence-corrected chi connectivity index (χ3v) is 3.64. The number of aryl methyl sites for hydroxylation is 1. The Morgan fingerprint density at radius 2 is 1.96 bits per heavy atom. The van der Waals surface area contributed by atoms with Crippen LogP contribution in [-0.2, 0) is 6.42 Å². The molecular weight excluding hydrogens is 309 g/mol. The zero-order valence-corrected chi connectivity index (χ0v) is 14.1. The van der Waals surface area contributed by atoms with Crippen LogP contribution in [0.3, 0.4) is 0 Å². The van der Waals surface area contributed by atoms with Crippen LogP contribution in [0.5, 0.6) is 11.5 Å². The summed E-state index contributed by atoms with van der Waals surface area (Å²) in [7, 11) is 3.17. The normalized spacial score (nSPS) is 11.2. The SMILES string of the molecule is COc1ccc(OC)c(NC(N)=NCCc2ccc(F)cc2C)c1. The number of guanidine groups is 1. The Bertz CT molecular complexity index is 732. The van der Waals surface area contributed by atoms with Crippen molar-refractivity contribution < 1.29 is 13.9 Å². The van der Waals surface area contributed by atoms with Crippen molar-refractivity contribution in [1.82, 2.24) is 0 Å². The van der Waals surface area contributed by atoms with Crippen molar-refractivity contribution in [2.24, 2.45) is 10.7 Å². The summed E-state index contributed by atoms with van der Waals surface area (Å²) in [6, 6.07) is 10.1. The molecule has 6 heteroatoms. The molecule has 2 aromatic rings. The van der Waals surface area contributed by atoms with Crippen molar-refractivity contribution in [3.05, 3.63) is 53.3 Å². The van der Waals surface area contributed by atoms with Crippen LogP contribution >= 0.6 is 0 Å². The summed E-state index contributed by atoms with van der Waals surface area (Å²) in [4.78, 5) is 4.30. The lowest BCUT2D eigenvalue weighted by Gasteiger charge is -2.12. The minimum atomic E-state index is -0.231. The second-order valence-corrected chi connectivity index (χ2v) is 5.28. The van der Waals surface area contributed by atoms with Crippen LogP contribution in [0.25, 0.3) is 0 Å². The van der Waals surface area contributed by atoms with Gasteiger partial charge in [0.05, 0.1) is 19.9 Å². The molecule has 0 fully saturated rings. The summed E-state index contributed by atoms with van der Waals surface area (Å²) in [6.45, 7) is 2.38. The number of benzene rings is 2. The average molecular weight is 331 g/mol. The maximum atomic E-state index is 13.1. The van der Waals surface area contributed by atoms with Gasteiger partial charge in [-0.05, 0) is 48.7 Å². The highest BCUT2D eigenvalue weighted by molar-refractivity contribution is 5.94. The monoisotopic (exact) mass is 331 g/mol. The van der Waals surface area contributed by atoms with Crippen LogP contribution < -0.4 is 20.5 Å². The average Bonchev–Trinajstić information content (AvgIpc) is 2.56. The van der Waals surface area contributed by atoms with Gasteiger partial charge in [-0.2, -0.15) is 0 Å². The largest absolute Gasteiger partial charge is 0.497 e. The van der Waals surface area contributed by atoms with Crippen molar-refractivity contribution in [2.45, 2.75) is 13.3 Å². The van der Waals surface area contributed by atoms with E-state index in [-0.39, 0.29) is 11.8 Å². The number of nitrogens with zero attached hydrogens (tertiary/aromatic N) is 1. The van der Waals surface area contributed by atoms with E-state index >= 15 is 0 Å². The van der Waals surface area contributed by atoms with Gasteiger partial charge in [-0.3, -0.25) is 4.99 Å². The van der Waals surface area contributed by atoms with Gasteiger partial charge >= 0.3 is 0 Å². The zero-order valence-electron chi connectivity index (χ0n) is 14.1. The fourth-order valence-electron chi connectivity index (χ4n) is 2.33. The van der Waals surface area contributed by atoms with E-state index in [1.165, 1.54) is 12.1 Å². The third kappa shape index (κ3) is 4.62. The topological polar surface area (TPSA) is 68.9 Å². The number of hydrogen-bond donors (Lipinski definition) is 2. The Balaban J connectivity index is 2.01. The Labute approximate surface area is 141 Å². The first-order valence-electron chi connectivity index (χ1n) is 7.57. The molecule has 0 saturated carbocycles. The number of methoxy groups -OCH3 is 2. The molecule has 0 bridgehead atoms. The number of aliphatic imine (C=N–C) groups is 1. The summed E-state index contributed by atoms with van der Waals surface area (Å²) in [6.07, 6.45) is 0.684. The number of rotatable bonds is 6. The number of halogens is 1. The molecule has 0 aliphatic rings. The second-order valence-electron chi connectivity index (χ2n) is 5.28. The van der Waals surface area contributed by atoms with Crippen LogP contribution in [0.2, 0.25) is 0 Å². The van der Waals surface area contributed by atoms with Gasteiger partial charge in [-0.15, -0.1) is 0 Å². The Morgan fingerprint density at radius 3 is 2.62 bits per heavy atom. The highest BCUT2D eigenvalue weighted by Gasteiger charge is 2.06. The second kappa shape index (κ2) is 8.19. The van der Waals surface area contributed by atoms with Crippen LogP contribution in [0.1, 0.15) is 11.1 Å². The van der Waals surface area contributed by atoms with Gasteiger partial charge in [0, 0.05) is 12.6 Å². The lowest BCUT2D eigenvalue weighted by Crippen LogP contribution is -2.23. The minimum Gasteiger partial charge on any atom is -0.497 e. The smallest absolute Gasteiger partial charge is 0.193 e. The quantitative estimate of drug-likeness (QED) is 0.630. The van der Waals surface area contributed by atoms with E-state index in [4.69, 9.17) is 15.2 Å². The van der Waals surface area contributed by atoms with Gasteiger partial charge in [-0.1, -0.05) is 6.07 Å². The van der Waals surface area contributed by atoms with Crippen LogP contribution in [0.15, 0.2) is 41.4 Å². The molecule has 2 aromatic carbocycles. The lowest BCUT2D eigenvalue weighted by molar-refractivity contribution is 0.405.